The lowest BCUT2D eigenvalue weighted by Crippen LogP contribution is -2.07. The fourth-order valence-electron chi connectivity index (χ4n) is 2.31. The zero-order valence-electron chi connectivity index (χ0n) is 14.6. The second kappa shape index (κ2) is 15.6. The summed E-state index contributed by atoms with van der Waals surface area (Å²) in [5.41, 5.74) is 0.754. The molecular weight excluding hydrogens is 260 g/mol. The molecule has 0 saturated heterocycles. The van der Waals surface area contributed by atoms with E-state index in [1.54, 1.807) is 0 Å². The predicted molar refractivity (Wildman–Crippen MR) is 91.5 cm³/mol. The molecule has 0 saturated carbocycles. The van der Waals surface area contributed by atoms with Gasteiger partial charge in [0, 0.05) is 5.57 Å². The minimum Gasteiger partial charge on any atom is -0.462 e. The smallest absolute Gasteiger partial charge is 0.333 e. The van der Waals surface area contributed by atoms with Crippen molar-refractivity contribution in [3.05, 3.63) is 11.6 Å². The van der Waals surface area contributed by atoms with Crippen LogP contribution < -0.4 is 0 Å². The Bertz CT molecular complexity index is 269. The van der Waals surface area contributed by atoms with Crippen molar-refractivity contribution in [3.8, 4) is 0 Å². The van der Waals surface area contributed by atoms with E-state index in [4.69, 9.17) is 4.74 Å². The van der Waals surface area contributed by atoms with Gasteiger partial charge >= 0.3 is 5.97 Å². The number of carbonyl (C=O) groups is 1. The minimum absolute atomic E-state index is 0.139. The van der Waals surface area contributed by atoms with Crippen LogP contribution in [0.2, 0.25) is 0 Å². The Morgan fingerprint density at radius 1 is 0.810 bits per heavy atom. The molecular formula is C19H36O2. The largest absolute Gasteiger partial charge is 0.462 e. The third-order valence-corrected chi connectivity index (χ3v) is 3.79. The summed E-state index contributed by atoms with van der Waals surface area (Å²) < 4.78 is 5.27. The molecule has 0 aromatic rings. The van der Waals surface area contributed by atoms with Gasteiger partial charge in [-0.05, 0) is 19.8 Å². The lowest BCUT2D eigenvalue weighted by atomic mass is 10.1. The van der Waals surface area contributed by atoms with E-state index in [0.717, 1.165) is 24.8 Å². The third-order valence-electron chi connectivity index (χ3n) is 3.79. The highest BCUT2D eigenvalue weighted by molar-refractivity contribution is 5.87. The van der Waals surface area contributed by atoms with Crippen molar-refractivity contribution < 1.29 is 9.53 Å². The molecule has 0 aromatic heterocycles. The van der Waals surface area contributed by atoms with Crippen LogP contribution in [0.5, 0.6) is 0 Å². The van der Waals surface area contributed by atoms with Gasteiger partial charge in [-0.15, -0.1) is 0 Å². The normalized spacial score (nSPS) is 11.7. The van der Waals surface area contributed by atoms with Crippen molar-refractivity contribution in [1.29, 1.82) is 0 Å². The number of esters is 1. The Balaban J connectivity index is 3.30. The Hall–Kier alpha value is -0.790. The first-order chi connectivity index (χ1) is 10.2. The fourth-order valence-corrected chi connectivity index (χ4v) is 2.31. The monoisotopic (exact) mass is 296 g/mol. The Labute approximate surface area is 132 Å². The summed E-state index contributed by atoms with van der Waals surface area (Å²) in [6, 6.07) is 0. The molecule has 0 unspecified atom stereocenters. The van der Waals surface area contributed by atoms with Gasteiger partial charge in [-0.25, -0.2) is 4.79 Å². The number of hydrogen-bond acceptors (Lipinski definition) is 2. The molecule has 0 aliphatic rings. The van der Waals surface area contributed by atoms with E-state index < -0.39 is 0 Å². The number of rotatable bonds is 14. The molecule has 0 heterocycles. The lowest BCUT2D eigenvalue weighted by molar-refractivity contribution is -0.139. The molecule has 124 valence electrons. The standard InChI is InChI=1S/C19H36O2/c1-4-6-8-9-10-11-12-13-14-15-17-21-19(20)18(3)16-7-5-2/h16H,4-15,17H2,1-3H3. The Kier molecular flexibility index (Phi) is 15.0. The molecule has 2 nitrogen and oxygen atoms in total. The molecule has 0 spiro atoms. The van der Waals surface area contributed by atoms with E-state index in [0.29, 0.717) is 6.61 Å². The molecule has 21 heavy (non-hydrogen) atoms. The summed E-state index contributed by atoms with van der Waals surface area (Å²) in [6.45, 7) is 6.79. The van der Waals surface area contributed by atoms with E-state index in [9.17, 15) is 4.79 Å². The van der Waals surface area contributed by atoms with Gasteiger partial charge in [0.1, 0.15) is 0 Å². The van der Waals surface area contributed by atoms with Crippen molar-refractivity contribution in [2.24, 2.45) is 0 Å². The summed E-state index contributed by atoms with van der Waals surface area (Å²) in [5.74, 6) is -0.139. The van der Waals surface area contributed by atoms with Crippen LogP contribution in [0.4, 0.5) is 0 Å². The van der Waals surface area contributed by atoms with E-state index in [1.165, 1.54) is 57.8 Å². The van der Waals surface area contributed by atoms with Crippen LogP contribution >= 0.6 is 0 Å². The van der Waals surface area contributed by atoms with Crippen LogP contribution in [0.25, 0.3) is 0 Å². The summed E-state index contributed by atoms with van der Waals surface area (Å²) in [5, 5.41) is 0. The maximum atomic E-state index is 11.6. The zero-order valence-corrected chi connectivity index (χ0v) is 14.6. The molecule has 0 aromatic carbocycles. The minimum atomic E-state index is -0.139. The number of unbranched alkanes of at least 4 members (excludes halogenated alkanes) is 10. The molecule has 0 aliphatic heterocycles. The van der Waals surface area contributed by atoms with Gasteiger partial charge in [-0.1, -0.05) is 84.1 Å². The maximum absolute atomic E-state index is 11.6. The van der Waals surface area contributed by atoms with E-state index in [1.807, 2.05) is 13.0 Å². The maximum Gasteiger partial charge on any atom is 0.333 e. The van der Waals surface area contributed by atoms with Crippen molar-refractivity contribution in [1.82, 2.24) is 0 Å². The predicted octanol–water partition coefficient (Wildman–Crippen LogP) is 6.20. The van der Waals surface area contributed by atoms with Crippen LogP contribution in [0.1, 0.15) is 97.8 Å². The first-order valence-corrected chi connectivity index (χ1v) is 9.06. The molecule has 0 N–H and O–H groups in total. The molecule has 0 bridgehead atoms. The molecule has 0 fully saturated rings. The van der Waals surface area contributed by atoms with Crippen molar-refractivity contribution in [2.45, 2.75) is 97.8 Å². The highest BCUT2D eigenvalue weighted by Crippen LogP contribution is 2.10. The van der Waals surface area contributed by atoms with Crippen molar-refractivity contribution in [3.63, 3.8) is 0 Å². The summed E-state index contributed by atoms with van der Waals surface area (Å²) in [4.78, 5) is 11.6. The van der Waals surface area contributed by atoms with Crippen LogP contribution in [-0.2, 0) is 9.53 Å². The lowest BCUT2D eigenvalue weighted by Gasteiger charge is -2.05. The number of allylic oxidation sites excluding steroid dienone is 1. The fraction of sp³-hybridized carbons (Fsp3) is 0.842. The average Bonchev–Trinajstić information content (AvgIpc) is 2.49. The molecule has 0 rings (SSSR count). The molecule has 0 aliphatic carbocycles. The Morgan fingerprint density at radius 3 is 1.86 bits per heavy atom. The van der Waals surface area contributed by atoms with E-state index in [2.05, 4.69) is 13.8 Å². The molecule has 2 heteroatoms. The van der Waals surface area contributed by atoms with Gasteiger partial charge in [0.05, 0.1) is 6.61 Å². The quantitative estimate of drug-likeness (QED) is 0.217. The van der Waals surface area contributed by atoms with Gasteiger partial charge in [0.2, 0.25) is 0 Å². The summed E-state index contributed by atoms with van der Waals surface area (Å²) in [7, 11) is 0. The van der Waals surface area contributed by atoms with Crippen LogP contribution in [-0.4, -0.2) is 12.6 Å². The van der Waals surface area contributed by atoms with Crippen molar-refractivity contribution >= 4 is 5.97 Å². The first kappa shape index (κ1) is 20.2. The molecule has 0 amide bonds. The molecule has 0 radical (unpaired) electrons. The molecule has 0 atom stereocenters. The SMILES string of the molecule is CCCC=C(C)C(=O)OCCCCCCCCCCCC. The number of carbonyl (C=O) groups excluding carboxylic acids is 1. The second-order valence-corrected chi connectivity index (χ2v) is 5.99. The number of ether oxygens (including phenoxy) is 1. The van der Waals surface area contributed by atoms with Crippen molar-refractivity contribution in [2.75, 3.05) is 6.61 Å². The topological polar surface area (TPSA) is 26.3 Å². The average molecular weight is 296 g/mol. The van der Waals surface area contributed by atoms with Crippen LogP contribution in [0.3, 0.4) is 0 Å². The van der Waals surface area contributed by atoms with E-state index in [-0.39, 0.29) is 5.97 Å². The van der Waals surface area contributed by atoms with Gasteiger partial charge in [0.15, 0.2) is 0 Å². The Morgan fingerprint density at radius 2 is 1.33 bits per heavy atom. The highest BCUT2D eigenvalue weighted by atomic mass is 16.5. The van der Waals surface area contributed by atoms with Crippen LogP contribution in [0, 0.1) is 0 Å². The van der Waals surface area contributed by atoms with Gasteiger partial charge in [-0.2, -0.15) is 0 Å². The van der Waals surface area contributed by atoms with Gasteiger partial charge in [-0.3, -0.25) is 0 Å². The second-order valence-electron chi connectivity index (χ2n) is 5.99. The van der Waals surface area contributed by atoms with Crippen LogP contribution in [0.15, 0.2) is 11.6 Å². The van der Waals surface area contributed by atoms with E-state index >= 15 is 0 Å². The van der Waals surface area contributed by atoms with Gasteiger partial charge < -0.3 is 4.74 Å². The van der Waals surface area contributed by atoms with Gasteiger partial charge in [0.25, 0.3) is 0 Å². The summed E-state index contributed by atoms with van der Waals surface area (Å²) >= 11 is 0. The first-order valence-electron chi connectivity index (χ1n) is 9.06. The zero-order chi connectivity index (χ0) is 15.8. The third kappa shape index (κ3) is 13.9. The number of hydrogen-bond donors (Lipinski definition) is 0. The summed E-state index contributed by atoms with van der Waals surface area (Å²) in [6.07, 6.45) is 17.0. The highest BCUT2D eigenvalue weighted by Gasteiger charge is 2.04.